The van der Waals surface area contributed by atoms with E-state index < -0.39 is 60.1 Å². The van der Waals surface area contributed by atoms with Crippen molar-refractivity contribution in [1.29, 1.82) is 0 Å². The summed E-state index contributed by atoms with van der Waals surface area (Å²) in [4.78, 5) is 47.7. The Morgan fingerprint density at radius 3 is 1.81 bits per heavy atom. The number of hydrogen-bond donors (Lipinski definition) is 1. The van der Waals surface area contributed by atoms with Crippen LogP contribution in [0.2, 0.25) is 0 Å². The molecule has 0 aliphatic rings. The van der Waals surface area contributed by atoms with Crippen LogP contribution in [-0.4, -0.2) is 52.2 Å². The van der Waals surface area contributed by atoms with Crippen molar-refractivity contribution in [2.45, 2.75) is 77.7 Å². The molecule has 0 unspecified atom stereocenters. The standard InChI is InChI=1S/C16H25F3N2O6/c1-14(2,3)21(13(25)27-15(4,5)6)9(7-8-10(20)22)11(23)26-12(24)16(17,18)19/h9H,7-8H2,1-6H3,(H2,20,22)/t9-/m0/s1. The Kier molecular flexibility index (Phi) is 7.83. The summed E-state index contributed by atoms with van der Waals surface area (Å²) in [7, 11) is 0. The van der Waals surface area contributed by atoms with Gasteiger partial charge in [-0.1, -0.05) is 0 Å². The van der Waals surface area contributed by atoms with E-state index in [2.05, 4.69) is 4.74 Å². The van der Waals surface area contributed by atoms with Gasteiger partial charge in [-0.15, -0.1) is 0 Å². The second-order valence-electron chi connectivity index (χ2n) is 7.75. The third-order valence-corrected chi connectivity index (χ3v) is 2.99. The van der Waals surface area contributed by atoms with Gasteiger partial charge in [-0.25, -0.2) is 14.4 Å². The molecular weight excluding hydrogens is 373 g/mol. The van der Waals surface area contributed by atoms with Crippen molar-refractivity contribution >= 4 is 23.9 Å². The zero-order valence-electron chi connectivity index (χ0n) is 16.1. The van der Waals surface area contributed by atoms with Crippen molar-refractivity contribution in [2.24, 2.45) is 5.73 Å². The Labute approximate surface area is 155 Å². The summed E-state index contributed by atoms with van der Waals surface area (Å²) in [5.74, 6) is -5.22. The van der Waals surface area contributed by atoms with Gasteiger partial charge in [0.15, 0.2) is 0 Å². The highest BCUT2D eigenvalue weighted by molar-refractivity contribution is 5.92. The summed E-state index contributed by atoms with van der Waals surface area (Å²) < 4.78 is 46.2. The first-order chi connectivity index (χ1) is 11.9. The summed E-state index contributed by atoms with van der Waals surface area (Å²) in [5.41, 5.74) is 2.93. The van der Waals surface area contributed by atoms with Gasteiger partial charge >= 0.3 is 24.2 Å². The highest BCUT2D eigenvalue weighted by Gasteiger charge is 2.46. The molecular formula is C16H25F3N2O6. The number of carbonyl (C=O) groups is 4. The van der Waals surface area contributed by atoms with Gasteiger partial charge in [0, 0.05) is 12.0 Å². The summed E-state index contributed by atoms with van der Waals surface area (Å²) in [5, 5.41) is 0. The molecule has 8 nitrogen and oxygen atoms in total. The van der Waals surface area contributed by atoms with Gasteiger partial charge in [0.05, 0.1) is 0 Å². The summed E-state index contributed by atoms with van der Waals surface area (Å²) >= 11 is 0. The smallest absolute Gasteiger partial charge is 0.444 e. The number of amides is 2. The minimum absolute atomic E-state index is 0.435. The van der Waals surface area contributed by atoms with E-state index in [-0.39, 0.29) is 0 Å². The minimum Gasteiger partial charge on any atom is -0.444 e. The van der Waals surface area contributed by atoms with Crippen LogP contribution in [0.3, 0.4) is 0 Å². The van der Waals surface area contributed by atoms with Crippen molar-refractivity contribution in [3.05, 3.63) is 0 Å². The number of ether oxygens (including phenoxy) is 2. The van der Waals surface area contributed by atoms with E-state index in [9.17, 15) is 32.3 Å². The molecule has 0 bridgehead atoms. The monoisotopic (exact) mass is 398 g/mol. The normalized spacial score (nSPS) is 13.5. The molecule has 0 saturated heterocycles. The first kappa shape index (κ1) is 24.7. The van der Waals surface area contributed by atoms with Gasteiger partial charge in [-0.3, -0.25) is 9.69 Å². The van der Waals surface area contributed by atoms with Crippen LogP contribution < -0.4 is 5.73 Å². The molecule has 0 aromatic rings. The number of nitrogens with two attached hydrogens (primary N) is 1. The fourth-order valence-corrected chi connectivity index (χ4v) is 2.03. The van der Waals surface area contributed by atoms with Crippen LogP contribution in [0, 0.1) is 0 Å². The Hall–Kier alpha value is -2.33. The SMILES string of the molecule is CC(C)(C)OC(=O)N([C@@H](CCC(N)=O)C(=O)OC(=O)C(F)(F)F)C(C)(C)C. The van der Waals surface area contributed by atoms with Crippen molar-refractivity contribution in [2.75, 3.05) is 0 Å². The van der Waals surface area contributed by atoms with E-state index in [4.69, 9.17) is 10.5 Å². The second-order valence-corrected chi connectivity index (χ2v) is 7.75. The number of halogens is 3. The average Bonchev–Trinajstić information content (AvgIpc) is 2.37. The largest absolute Gasteiger partial charge is 0.491 e. The Bertz CT molecular complexity index is 590. The van der Waals surface area contributed by atoms with Crippen LogP contribution in [0.5, 0.6) is 0 Å². The molecule has 0 radical (unpaired) electrons. The molecule has 0 aliphatic carbocycles. The maximum absolute atomic E-state index is 12.6. The Morgan fingerprint density at radius 1 is 1.00 bits per heavy atom. The first-order valence-corrected chi connectivity index (χ1v) is 7.99. The average molecular weight is 398 g/mol. The maximum atomic E-state index is 12.6. The fourth-order valence-electron chi connectivity index (χ4n) is 2.03. The van der Waals surface area contributed by atoms with Crippen molar-refractivity contribution in [3.8, 4) is 0 Å². The van der Waals surface area contributed by atoms with Crippen LogP contribution in [0.1, 0.15) is 54.4 Å². The highest BCUT2D eigenvalue weighted by Crippen LogP contribution is 2.26. The van der Waals surface area contributed by atoms with E-state index >= 15 is 0 Å². The van der Waals surface area contributed by atoms with Crippen molar-refractivity contribution in [3.63, 3.8) is 0 Å². The topological polar surface area (TPSA) is 116 Å². The van der Waals surface area contributed by atoms with Gasteiger partial charge in [0.1, 0.15) is 11.6 Å². The number of hydrogen-bond acceptors (Lipinski definition) is 6. The number of esters is 2. The zero-order valence-corrected chi connectivity index (χ0v) is 16.1. The third kappa shape index (κ3) is 8.74. The lowest BCUT2D eigenvalue weighted by atomic mass is 10.0. The molecule has 0 heterocycles. The molecule has 0 aliphatic heterocycles. The highest BCUT2D eigenvalue weighted by atomic mass is 19.4. The molecule has 11 heteroatoms. The van der Waals surface area contributed by atoms with Gasteiger partial charge in [0.25, 0.3) is 0 Å². The zero-order chi connectivity index (χ0) is 21.8. The summed E-state index contributed by atoms with van der Waals surface area (Å²) in [6.07, 6.45) is -7.31. The van der Waals surface area contributed by atoms with E-state index in [0.29, 0.717) is 0 Å². The van der Waals surface area contributed by atoms with E-state index in [1.165, 1.54) is 20.8 Å². The number of alkyl halides is 3. The molecule has 2 N–H and O–H groups in total. The lowest BCUT2D eigenvalue weighted by molar-refractivity contribution is -0.203. The quantitative estimate of drug-likeness (QED) is 0.561. The first-order valence-electron chi connectivity index (χ1n) is 7.99. The van der Waals surface area contributed by atoms with Gasteiger partial charge in [0.2, 0.25) is 5.91 Å². The molecule has 0 rings (SSSR count). The van der Waals surface area contributed by atoms with Gasteiger partial charge in [-0.05, 0) is 48.0 Å². The number of carbonyl (C=O) groups excluding carboxylic acids is 4. The van der Waals surface area contributed by atoms with Gasteiger partial charge < -0.3 is 15.2 Å². The lowest BCUT2D eigenvalue weighted by Crippen LogP contribution is -2.57. The maximum Gasteiger partial charge on any atom is 0.491 e. The van der Waals surface area contributed by atoms with Crippen molar-refractivity contribution < 1.29 is 41.8 Å². The summed E-state index contributed by atoms with van der Waals surface area (Å²) in [6, 6.07) is -1.70. The number of nitrogens with zero attached hydrogens (tertiary/aromatic N) is 1. The van der Waals surface area contributed by atoms with Crippen LogP contribution in [-0.2, 0) is 23.9 Å². The minimum atomic E-state index is -5.40. The molecule has 0 aromatic heterocycles. The van der Waals surface area contributed by atoms with Crippen LogP contribution in [0.15, 0.2) is 0 Å². The molecule has 156 valence electrons. The van der Waals surface area contributed by atoms with E-state index in [1.807, 2.05) is 0 Å². The number of rotatable bonds is 5. The molecule has 0 saturated carbocycles. The lowest BCUT2D eigenvalue weighted by Gasteiger charge is -2.40. The summed E-state index contributed by atoms with van der Waals surface area (Å²) in [6.45, 7) is 9.13. The molecule has 0 fully saturated rings. The molecule has 0 spiro atoms. The number of primary amides is 1. The third-order valence-electron chi connectivity index (χ3n) is 2.99. The van der Waals surface area contributed by atoms with Crippen molar-refractivity contribution in [1.82, 2.24) is 4.90 Å². The predicted molar refractivity (Wildman–Crippen MR) is 87.2 cm³/mol. The fraction of sp³-hybridized carbons (Fsp3) is 0.750. The molecule has 0 aromatic carbocycles. The van der Waals surface area contributed by atoms with Gasteiger partial charge in [-0.2, -0.15) is 13.2 Å². The Morgan fingerprint density at radius 2 is 1.48 bits per heavy atom. The molecule has 2 amide bonds. The Balaban J connectivity index is 5.87. The van der Waals surface area contributed by atoms with Crippen LogP contribution in [0.25, 0.3) is 0 Å². The molecule has 1 atom stereocenters. The molecule has 27 heavy (non-hydrogen) atoms. The predicted octanol–water partition coefficient (Wildman–Crippen LogP) is 2.29. The van der Waals surface area contributed by atoms with E-state index in [0.717, 1.165) is 4.90 Å². The second kappa shape index (κ2) is 8.57. The van der Waals surface area contributed by atoms with Crippen LogP contribution >= 0.6 is 0 Å². The van der Waals surface area contributed by atoms with Crippen LogP contribution in [0.4, 0.5) is 18.0 Å². The van der Waals surface area contributed by atoms with E-state index in [1.54, 1.807) is 20.8 Å².